The number of hydrogen-bond acceptors (Lipinski definition) is 3. The molecular formula is C24H28N2O3. The van der Waals surface area contributed by atoms with E-state index in [1.165, 1.54) is 5.56 Å². The average molecular weight is 392 g/mol. The summed E-state index contributed by atoms with van der Waals surface area (Å²) in [6, 6.07) is 17.9. The molecule has 0 fully saturated rings. The van der Waals surface area contributed by atoms with Gasteiger partial charge in [-0.15, -0.1) is 0 Å². The summed E-state index contributed by atoms with van der Waals surface area (Å²) in [4.78, 5) is 12.7. The fraction of sp³-hybridized carbons (Fsp3) is 0.292. The molecule has 1 aromatic heterocycles. The summed E-state index contributed by atoms with van der Waals surface area (Å²) in [6.45, 7) is 5.01. The number of methoxy groups -OCH3 is 1. The van der Waals surface area contributed by atoms with Crippen LogP contribution >= 0.6 is 0 Å². The second-order valence-electron chi connectivity index (χ2n) is 6.96. The number of nitrogens with zero attached hydrogens (tertiary/aromatic N) is 1. The Morgan fingerprint density at radius 3 is 2.55 bits per heavy atom. The number of carbonyl (C=O) groups is 1. The molecule has 152 valence electrons. The van der Waals surface area contributed by atoms with Gasteiger partial charge in [0.2, 0.25) is 5.91 Å². The monoisotopic (exact) mass is 392 g/mol. The molecule has 1 unspecified atom stereocenters. The Kier molecular flexibility index (Phi) is 6.95. The van der Waals surface area contributed by atoms with E-state index in [1.807, 2.05) is 55.7 Å². The predicted molar refractivity (Wildman–Crippen MR) is 114 cm³/mol. The molecule has 0 aliphatic rings. The Morgan fingerprint density at radius 2 is 1.86 bits per heavy atom. The van der Waals surface area contributed by atoms with Gasteiger partial charge >= 0.3 is 0 Å². The lowest BCUT2D eigenvalue weighted by Gasteiger charge is -2.20. The molecule has 0 spiro atoms. The SMILES string of the molecule is CCOc1ccc(CNC(=O)CC(c2cccc(C)c2)n2cccc2)cc1OC. The highest BCUT2D eigenvalue weighted by atomic mass is 16.5. The Morgan fingerprint density at radius 1 is 1.07 bits per heavy atom. The maximum absolute atomic E-state index is 12.7. The first-order chi connectivity index (χ1) is 14.1. The second-order valence-corrected chi connectivity index (χ2v) is 6.96. The van der Waals surface area contributed by atoms with E-state index in [0.29, 0.717) is 31.1 Å². The molecule has 0 saturated carbocycles. The maximum atomic E-state index is 12.7. The summed E-state index contributed by atoms with van der Waals surface area (Å²) < 4.78 is 13.0. The van der Waals surface area contributed by atoms with Crippen LogP contribution in [0.4, 0.5) is 0 Å². The molecule has 0 radical (unpaired) electrons. The largest absolute Gasteiger partial charge is 0.493 e. The van der Waals surface area contributed by atoms with Crippen molar-refractivity contribution >= 4 is 5.91 Å². The van der Waals surface area contributed by atoms with Crippen molar-refractivity contribution in [1.29, 1.82) is 0 Å². The van der Waals surface area contributed by atoms with E-state index < -0.39 is 0 Å². The van der Waals surface area contributed by atoms with Crippen LogP contribution < -0.4 is 14.8 Å². The summed E-state index contributed by atoms with van der Waals surface area (Å²) in [5.74, 6) is 1.37. The van der Waals surface area contributed by atoms with Crippen LogP contribution in [0, 0.1) is 6.92 Å². The third-order valence-corrected chi connectivity index (χ3v) is 4.81. The van der Waals surface area contributed by atoms with Gasteiger partial charge in [0, 0.05) is 18.9 Å². The van der Waals surface area contributed by atoms with E-state index in [-0.39, 0.29) is 11.9 Å². The van der Waals surface area contributed by atoms with E-state index in [4.69, 9.17) is 9.47 Å². The Bertz CT molecular complexity index is 935. The number of carbonyl (C=O) groups excluding carboxylic acids is 1. The molecular weight excluding hydrogens is 364 g/mol. The van der Waals surface area contributed by atoms with E-state index in [1.54, 1.807) is 7.11 Å². The summed E-state index contributed by atoms with van der Waals surface area (Å²) in [5.41, 5.74) is 3.27. The molecule has 3 rings (SSSR count). The van der Waals surface area contributed by atoms with Gasteiger partial charge in [-0.1, -0.05) is 35.9 Å². The van der Waals surface area contributed by atoms with Gasteiger partial charge in [0.05, 0.1) is 26.2 Å². The van der Waals surface area contributed by atoms with Gasteiger partial charge in [-0.3, -0.25) is 4.79 Å². The number of hydrogen-bond donors (Lipinski definition) is 1. The molecule has 0 saturated heterocycles. The van der Waals surface area contributed by atoms with Crippen LogP contribution in [0.2, 0.25) is 0 Å². The third-order valence-electron chi connectivity index (χ3n) is 4.81. The van der Waals surface area contributed by atoms with Crippen molar-refractivity contribution in [3.8, 4) is 11.5 Å². The van der Waals surface area contributed by atoms with Crippen molar-refractivity contribution in [2.75, 3.05) is 13.7 Å². The van der Waals surface area contributed by atoms with E-state index >= 15 is 0 Å². The topological polar surface area (TPSA) is 52.5 Å². The van der Waals surface area contributed by atoms with Crippen molar-refractivity contribution in [3.63, 3.8) is 0 Å². The minimum atomic E-state index is -0.0419. The molecule has 29 heavy (non-hydrogen) atoms. The lowest BCUT2D eigenvalue weighted by Crippen LogP contribution is -2.26. The smallest absolute Gasteiger partial charge is 0.222 e. The van der Waals surface area contributed by atoms with E-state index in [0.717, 1.165) is 11.1 Å². The number of amides is 1. The highest BCUT2D eigenvalue weighted by Crippen LogP contribution is 2.28. The lowest BCUT2D eigenvalue weighted by atomic mass is 10.0. The molecule has 3 aromatic rings. The summed E-state index contributed by atoms with van der Waals surface area (Å²) >= 11 is 0. The van der Waals surface area contributed by atoms with Crippen molar-refractivity contribution < 1.29 is 14.3 Å². The van der Waals surface area contributed by atoms with Crippen LogP contribution in [0.3, 0.4) is 0 Å². The van der Waals surface area contributed by atoms with Crippen molar-refractivity contribution in [1.82, 2.24) is 9.88 Å². The Balaban J connectivity index is 1.68. The Labute approximate surface area is 172 Å². The molecule has 1 heterocycles. The van der Waals surface area contributed by atoms with Crippen molar-refractivity contribution in [2.24, 2.45) is 0 Å². The molecule has 5 nitrogen and oxygen atoms in total. The van der Waals surface area contributed by atoms with E-state index in [9.17, 15) is 4.79 Å². The van der Waals surface area contributed by atoms with Crippen LogP contribution in [-0.2, 0) is 11.3 Å². The van der Waals surface area contributed by atoms with Gasteiger partial charge in [-0.2, -0.15) is 0 Å². The predicted octanol–water partition coefficient (Wildman–Crippen LogP) is 4.50. The molecule has 1 atom stereocenters. The van der Waals surface area contributed by atoms with Crippen LogP contribution in [0.1, 0.15) is 36.1 Å². The fourth-order valence-corrected chi connectivity index (χ4v) is 3.37. The first-order valence-corrected chi connectivity index (χ1v) is 9.86. The summed E-state index contributed by atoms with van der Waals surface area (Å²) in [5, 5.41) is 3.03. The normalized spacial score (nSPS) is 11.7. The standard InChI is InChI=1S/C24H28N2O3/c1-4-29-22-11-10-19(15-23(22)28-3)17-25-24(27)16-21(26-12-5-6-13-26)20-9-7-8-18(2)14-20/h5-15,21H,4,16-17H2,1-3H3,(H,25,27). The van der Waals surface area contributed by atoms with Crippen molar-refractivity contribution in [2.45, 2.75) is 32.9 Å². The fourth-order valence-electron chi connectivity index (χ4n) is 3.37. The molecule has 0 aliphatic carbocycles. The second kappa shape index (κ2) is 9.82. The van der Waals surface area contributed by atoms with Crippen LogP contribution in [0.15, 0.2) is 67.0 Å². The maximum Gasteiger partial charge on any atom is 0.222 e. The number of nitrogens with one attached hydrogen (secondary N) is 1. The van der Waals surface area contributed by atoms with Crippen LogP contribution in [0.25, 0.3) is 0 Å². The molecule has 0 bridgehead atoms. The first-order valence-electron chi connectivity index (χ1n) is 9.86. The molecule has 0 aliphatic heterocycles. The zero-order valence-corrected chi connectivity index (χ0v) is 17.2. The molecule has 1 N–H and O–H groups in total. The van der Waals surface area contributed by atoms with Gasteiger partial charge in [-0.05, 0) is 49.2 Å². The number of aromatic nitrogens is 1. The van der Waals surface area contributed by atoms with Gasteiger partial charge < -0.3 is 19.4 Å². The summed E-state index contributed by atoms with van der Waals surface area (Å²) in [6.07, 6.45) is 4.36. The number of rotatable bonds is 9. The number of benzene rings is 2. The lowest BCUT2D eigenvalue weighted by molar-refractivity contribution is -0.121. The quantitative estimate of drug-likeness (QED) is 0.583. The number of ether oxygens (including phenoxy) is 2. The van der Waals surface area contributed by atoms with Crippen LogP contribution in [-0.4, -0.2) is 24.2 Å². The first kappa shape index (κ1) is 20.5. The minimum absolute atomic E-state index is 0.00180. The van der Waals surface area contributed by atoms with Gasteiger partial charge in [0.1, 0.15) is 0 Å². The molecule has 5 heteroatoms. The minimum Gasteiger partial charge on any atom is -0.493 e. The zero-order chi connectivity index (χ0) is 20.6. The zero-order valence-electron chi connectivity index (χ0n) is 17.2. The average Bonchev–Trinajstić information content (AvgIpc) is 3.26. The molecule has 2 aromatic carbocycles. The van der Waals surface area contributed by atoms with Crippen LogP contribution in [0.5, 0.6) is 11.5 Å². The van der Waals surface area contributed by atoms with Gasteiger partial charge in [0.15, 0.2) is 11.5 Å². The summed E-state index contributed by atoms with van der Waals surface area (Å²) in [7, 11) is 1.61. The van der Waals surface area contributed by atoms with E-state index in [2.05, 4.69) is 35.0 Å². The molecule has 1 amide bonds. The highest BCUT2D eigenvalue weighted by molar-refractivity contribution is 5.77. The van der Waals surface area contributed by atoms with Gasteiger partial charge in [0.25, 0.3) is 0 Å². The Hall–Kier alpha value is -3.21. The van der Waals surface area contributed by atoms with Gasteiger partial charge in [-0.25, -0.2) is 0 Å². The van der Waals surface area contributed by atoms with Crippen molar-refractivity contribution in [3.05, 3.63) is 83.7 Å². The third kappa shape index (κ3) is 5.41. The highest BCUT2D eigenvalue weighted by Gasteiger charge is 2.17. The number of aryl methyl sites for hydroxylation is 1.